The van der Waals surface area contributed by atoms with Gasteiger partial charge in [0.25, 0.3) is 5.91 Å². The second-order valence-corrected chi connectivity index (χ2v) is 13.0. The van der Waals surface area contributed by atoms with E-state index in [0.29, 0.717) is 30.9 Å². The van der Waals surface area contributed by atoms with Crippen LogP contribution < -0.4 is 20.7 Å². The maximum absolute atomic E-state index is 14.3. The fraction of sp³-hybridized carbons (Fsp3) is 0.432. The van der Waals surface area contributed by atoms with Gasteiger partial charge in [0.05, 0.1) is 36.0 Å². The fourth-order valence-corrected chi connectivity index (χ4v) is 5.60. The number of halogens is 4. The first-order chi connectivity index (χ1) is 24.6. The first-order valence-electron chi connectivity index (χ1n) is 17.0. The number of ether oxygens (including phenoxy) is 2. The number of carbonyl (C=O) groups excluding carboxylic acids is 3. The Morgan fingerprint density at radius 1 is 0.962 bits per heavy atom. The molecule has 0 bridgehead atoms. The third-order valence-corrected chi connectivity index (χ3v) is 8.68. The number of hydrogen-bond donors (Lipinski definition) is 4. The number of carbonyl (C=O) groups is 3. The zero-order valence-corrected chi connectivity index (χ0v) is 29.5. The molecule has 1 aliphatic rings. The molecule has 0 aliphatic carbocycles. The van der Waals surface area contributed by atoms with Crippen LogP contribution in [0.4, 0.5) is 44.2 Å². The summed E-state index contributed by atoms with van der Waals surface area (Å²) in [5.74, 6) is -0.988. The molecule has 0 saturated heterocycles. The van der Waals surface area contributed by atoms with Gasteiger partial charge < -0.3 is 40.3 Å². The lowest BCUT2D eigenvalue weighted by Gasteiger charge is -2.35. The summed E-state index contributed by atoms with van der Waals surface area (Å²) in [6.45, 7) is 5.64. The number of fused-ring (bicyclic) bond motifs is 1. The highest BCUT2D eigenvalue weighted by molar-refractivity contribution is 6.02. The van der Waals surface area contributed by atoms with Gasteiger partial charge in [0, 0.05) is 49.7 Å². The van der Waals surface area contributed by atoms with Crippen molar-refractivity contribution in [1.82, 2.24) is 9.80 Å². The topological polar surface area (TPSA) is 132 Å². The average Bonchev–Trinajstić information content (AvgIpc) is 3.10. The number of likely N-dealkylation sites (N-methyl/N-ethyl adjacent to an activating group) is 1. The van der Waals surface area contributed by atoms with E-state index < -0.39 is 47.7 Å². The molecule has 3 aromatic carbocycles. The number of rotatable bonds is 7. The third kappa shape index (κ3) is 11.3. The summed E-state index contributed by atoms with van der Waals surface area (Å²) in [6, 6.07) is 12.2. The van der Waals surface area contributed by atoms with E-state index in [-0.39, 0.29) is 48.7 Å². The number of urea groups is 2. The van der Waals surface area contributed by atoms with Crippen LogP contribution in [0, 0.1) is 11.7 Å². The number of benzene rings is 3. The number of amides is 5. The number of nitrogens with one attached hydrogen (secondary N) is 3. The minimum atomic E-state index is -4.50. The van der Waals surface area contributed by atoms with Gasteiger partial charge in [-0.25, -0.2) is 14.0 Å². The normalized spacial score (nSPS) is 19.4. The molecule has 0 aromatic heterocycles. The van der Waals surface area contributed by atoms with Crippen LogP contribution in [0.5, 0.6) is 5.75 Å². The molecule has 1 heterocycles. The molecule has 15 heteroatoms. The Morgan fingerprint density at radius 2 is 1.58 bits per heavy atom. The van der Waals surface area contributed by atoms with Crippen LogP contribution in [0.3, 0.4) is 0 Å². The number of aliphatic hydroxyl groups is 1. The molecule has 4 N–H and O–H groups in total. The number of anilines is 3. The monoisotopic (exact) mass is 731 g/mol. The van der Waals surface area contributed by atoms with Gasteiger partial charge >= 0.3 is 18.2 Å². The molecule has 5 amide bonds. The van der Waals surface area contributed by atoms with E-state index in [9.17, 15) is 37.1 Å². The number of alkyl halides is 3. The maximum atomic E-state index is 14.3. The van der Waals surface area contributed by atoms with Crippen molar-refractivity contribution in [2.45, 2.75) is 64.5 Å². The lowest BCUT2D eigenvalue weighted by molar-refractivity contribution is -0.137. The molecule has 3 aromatic rings. The predicted octanol–water partition coefficient (Wildman–Crippen LogP) is 7.45. The summed E-state index contributed by atoms with van der Waals surface area (Å²) < 4.78 is 64.8. The lowest BCUT2D eigenvalue weighted by Crippen LogP contribution is -2.48. The molecule has 282 valence electrons. The van der Waals surface area contributed by atoms with Gasteiger partial charge in [0.1, 0.15) is 11.6 Å². The van der Waals surface area contributed by atoms with Gasteiger partial charge in [0.2, 0.25) is 0 Å². The highest BCUT2D eigenvalue weighted by Gasteiger charge is 2.32. The minimum Gasteiger partial charge on any atom is -0.490 e. The molecule has 11 nitrogen and oxygen atoms in total. The second-order valence-electron chi connectivity index (χ2n) is 13.0. The Labute approximate surface area is 300 Å². The van der Waals surface area contributed by atoms with Gasteiger partial charge in [-0.1, -0.05) is 6.92 Å². The van der Waals surface area contributed by atoms with Crippen LogP contribution in [0.2, 0.25) is 0 Å². The van der Waals surface area contributed by atoms with Gasteiger partial charge in [-0.2, -0.15) is 13.2 Å². The summed E-state index contributed by atoms with van der Waals surface area (Å²) in [4.78, 5) is 43.0. The second kappa shape index (κ2) is 18.0. The van der Waals surface area contributed by atoms with Crippen molar-refractivity contribution in [2.75, 3.05) is 49.3 Å². The molecule has 4 atom stereocenters. The van der Waals surface area contributed by atoms with Crippen molar-refractivity contribution >= 4 is 35.0 Å². The lowest BCUT2D eigenvalue weighted by atomic mass is 10.0. The zero-order chi connectivity index (χ0) is 38.0. The minimum absolute atomic E-state index is 0.0938. The number of aliphatic hydroxyl groups excluding tert-OH is 1. The molecular weight excluding hydrogens is 686 g/mol. The summed E-state index contributed by atoms with van der Waals surface area (Å²) in [7, 11) is 1.54. The van der Waals surface area contributed by atoms with E-state index in [1.165, 1.54) is 59.3 Å². The van der Waals surface area contributed by atoms with Crippen molar-refractivity contribution in [3.63, 3.8) is 0 Å². The smallest absolute Gasteiger partial charge is 0.416 e. The van der Waals surface area contributed by atoms with E-state index in [1.54, 1.807) is 19.1 Å². The Kier molecular flexibility index (Phi) is 13.8. The molecule has 4 rings (SSSR count). The van der Waals surface area contributed by atoms with E-state index in [1.807, 2.05) is 13.8 Å². The van der Waals surface area contributed by atoms with E-state index in [2.05, 4.69) is 16.0 Å². The highest BCUT2D eigenvalue weighted by Crippen LogP contribution is 2.31. The third-order valence-electron chi connectivity index (χ3n) is 8.68. The Balaban J connectivity index is 1.55. The van der Waals surface area contributed by atoms with Crippen molar-refractivity contribution in [3.05, 3.63) is 83.7 Å². The Hall–Kier alpha value is -4.89. The molecule has 0 saturated carbocycles. The molecule has 52 heavy (non-hydrogen) atoms. The molecule has 0 spiro atoms. The van der Waals surface area contributed by atoms with E-state index in [4.69, 9.17) is 9.47 Å². The van der Waals surface area contributed by atoms with Gasteiger partial charge in [-0.05, 0) is 99.8 Å². The number of hydrogen-bond acceptors (Lipinski definition) is 6. The Morgan fingerprint density at radius 3 is 2.23 bits per heavy atom. The van der Waals surface area contributed by atoms with E-state index in [0.717, 1.165) is 18.6 Å². The summed E-state index contributed by atoms with van der Waals surface area (Å²) in [5.41, 5.74) is 0.162. The number of nitrogens with zero attached hydrogens (tertiary/aromatic N) is 2. The fourth-order valence-electron chi connectivity index (χ4n) is 5.60. The standard InChI is InChI=1S/C37H45F4N5O6/c1-23-20-46(24(2)22-47)34(48)31-19-30(43-35(49)42-28-14-10-27(38)11-15-28)16-17-32(31)52-25(3)7-5-6-18-51-33(23)21-45(4)36(50)44-29-12-8-26(9-13-29)37(39,40)41/h8-17,19,23-25,33,47H,5-7,18,20-22H2,1-4H3,(H,44,50)(H2,42,43,49)/t23-,24+,25-,33-/m1/s1. The molecule has 0 unspecified atom stereocenters. The van der Waals surface area contributed by atoms with Crippen molar-refractivity contribution in [1.29, 1.82) is 0 Å². The van der Waals surface area contributed by atoms with Crippen LogP contribution in [-0.2, 0) is 10.9 Å². The van der Waals surface area contributed by atoms with Crippen LogP contribution >= 0.6 is 0 Å². The molecule has 0 fully saturated rings. The Bertz CT molecular complexity index is 1660. The van der Waals surface area contributed by atoms with Crippen LogP contribution in [-0.4, -0.2) is 84.5 Å². The van der Waals surface area contributed by atoms with Crippen molar-refractivity contribution in [2.24, 2.45) is 5.92 Å². The van der Waals surface area contributed by atoms with Crippen LogP contribution in [0.25, 0.3) is 0 Å². The SMILES string of the molecule is C[C@@H]1CCCCO[C@H](CN(C)C(=O)Nc2ccc(C(F)(F)F)cc2)[C@H](C)CN([C@@H](C)CO)C(=O)c2cc(NC(=O)Nc3ccc(F)cc3)ccc2O1. The van der Waals surface area contributed by atoms with Gasteiger partial charge in [-0.3, -0.25) is 4.79 Å². The van der Waals surface area contributed by atoms with E-state index >= 15 is 0 Å². The zero-order valence-electron chi connectivity index (χ0n) is 29.5. The highest BCUT2D eigenvalue weighted by atomic mass is 19.4. The van der Waals surface area contributed by atoms with Crippen LogP contribution in [0.15, 0.2) is 66.7 Å². The van der Waals surface area contributed by atoms with Crippen LogP contribution in [0.1, 0.15) is 56.0 Å². The predicted molar refractivity (Wildman–Crippen MR) is 189 cm³/mol. The first-order valence-corrected chi connectivity index (χ1v) is 17.0. The molecule has 1 aliphatic heterocycles. The first kappa shape index (κ1) is 39.9. The largest absolute Gasteiger partial charge is 0.490 e. The molecule has 0 radical (unpaired) electrons. The van der Waals surface area contributed by atoms with Crippen molar-refractivity contribution in [3.8, 4) is 5.75 Å². The maximum Gasteiger partial charge on any atom is 0.416 e. The molecular formula is C37H45F4N5O6. The summed E-state index contributed by atoms with van der Waals surface area (Å²) >= 11 is 0. The van der Waals surface area contributed by atoms with Gasteiger partial charge in [0.15, 0.2) is 0 Å². The van der Waals surface area contributed by atoms with Crippen molar-refractivity contribution < 1.29 is 46.5 Å². The average molecular weight is 732 g/mol. The summed E-state index contributed by atoms with van der Waals surface area (Å²) in [5, 5.41) is 18.1. The quantitative estimate of drug-likeness (QED) is 0.187. The summed E-state index contributed by atoms with van der Waals surface area (Å²) in [6.07, 6.45) is -3.28. The van der Waals surface area contributed by atoms with Gasteiger partial charge in [-0.15, -0.1) is 0 Å².